The second kappa shape index (κ2) is 8.16. The van der Waals surface area contributed by atoms with Crippen LogP contribution in [0.2, 0.25) is 0 Å². The van der Waals surface area contributed by atoms with Crippen molar-refractivity contribution < 1.29 is 19.9 Å². The van der Waals surface area contributed by atoms with E-state index in [0.29, 0.717) is 24.1 Å². The fraction of sp³-hybridized carbons (Fsp3) is 0.231. The van der Waals surface area contributed by atoms with Gasteiger partial charge in [0.05, 0.1) is 16.9 Å². The molecule has 1 saturated carbocycles. The fourth-order valence-electron chi connectivity index (χ4n) is 4.77. The average molecular weight is 441 g/mol. The van der Waals surface area contributed by atoms with E-state index >= 15 is 0 Å². The van der Waals surface area contributed by atoms with Crippen molar-refractivity contribution >= 4 is 17.6 Å². The van der Waals surface area contributed by atoms with Crippen LogP contribution in [0.25, 0.3) is 22.4 Å². The molecule has 0 saturated heterocycles. The van der Waals surface area contributed by atoms with Crippen LogP contribution in [0.1, 0.15) is 47.3 Å². The van der Waals surface area contributed by atoms with E-state index < -0.39 is 11.6 Å². The molecule has 166 valence electrons. The van der Waals surface area contributed by atoms with Crippen molar-refractivity contribution in [1.82, 2.24) is 10.3 Å². The molecule has 2 aliphatic rings. The van der Waals surface area contributed by atoms with Crippen molar-refractivity contribution in [2.24, 2.45) is 5.16 Å². The summed E-state index contributed by atoms with van der Waals surface area (Å²) in [6.07, 6.45) is 2.40. The Balaban J connectivity index is 1.61. The molecule has 7 heteroatoms. The molecule has 0 unspecified atom stereocenters. The van der Waals surface area contributed by atoms with Crippen LogP contribution < -0.4 is 5.32 Å². The van der Waals surface area contributed by atoms with Gasteiger partial charge in [-0.15, -0.1) is 0 Å². The predicted molar refractivity (Wildman–Crippen MR) is 124 cm³/mol. The second-order valence-electron chi connectivity index (χ2n) is 8.56. The second-order valence-corrected chi connectivity index (χ2v) is 8.56. The van der Waals surface area contributed by atoms with Crippen LogP contribution in [0.5, 0.6) is 0 Å². The van der Waals surface area contributed by atoms with Gasteiger partial charge < -0.3 is 15.6 Å². The summed E-state index contributed by atoms with van der Waals surface area (Å²) in [5.41, 5.74) is 5.11. The molecule has 0 atom stereocenters. The van der Waals surface area contributed by atoms with Crippen molar-refractivity contribution in [1.29, 1.82) is 0 Å². The highest BCUT2D eigenvalue weighted by atomic mass is 16.4. The van der Waals surface area contributed by atoms with E-state index in [-0.39, 0.29) is 11.5 Å². The summed E-state index contributed by atoms with van der Waals surface area (Å²) in [5, 5.41) is 24.3. The van der Waals surface area contributed by atoms with Crippen LogP contribution >= 0.6 is 0 Å². The lowest BCUT2D eigenvalue weighted by molar-refractivity contribution is 0.105. The molecule has 1 heterocycles. The minimum absolute atomic E-state index is 0.150. The highest BCUT2D eigenvalue weighted by molar-refractivity contribution is 6.47. The lowest BCUT2D eigenvalue weighted by Crippen LogP contribution is -2.50. The molecule has 2 aromatic carbocycles. The van der Waals surface area contributed by atoms with Gasteiger partial charge in [-0.2, -0.15) is 0 Å². The molecule has 1 fully saturated rings. The summed E-state index contributed by atoms with van der Waals surface area (Å²) < 4.78 is 0. The van der Waals surface area contributed by atoms with Gasteiger partial charge >= 0.3 is 6.09 Å². The number of rotatable bonds is 4. The Morgan fingerprint density at radius 2 is 1.70 bits per heavy atom. The largest absolute Gasteiger partial charge is 0.465 e. The van der Waals surface area contributed by atoms with Crippen LogP contribution in [0.15, 0.2) is 65.8 Å². The standard InChI is InChI=1S/C26H23N3O4/c30-24-20-15-19(16-5-2-1-3-6-16)23(27-21(20)11-12-22(24)29-33)17-7-9-18(10-8-17)26(13-4-14-26)28-25(31)32/h1-3,5-10,15,28,33H,4,11-14H2,(H,31,32). The third kappa shape index (κ3) is 3.65. The van der Waals surface area contributed by atoms with Crippen LogP contribution in [0.4, 0.5) is 4.79 Å². The zero-order valence-electron chi connectivity index (χ0n) is 17.9. The number of aryl methyl sites for hydroxylation is 1. The molecule has 3 N–H and O–H groups in total. The molecule has 0 spiro atoms. The summed E-state index contributed by atoms with van der Waals surface area (Å²) in [4.78, 5) is 29.0. The molecule has 7 nitrogen and oxygen atoms in total. The maximum atomic E-state index is 12.8. The number of aromatic nitrogens is 1. The van der Waals surface area contributed by atoms with Crippen LogP contribution in [0, 0.1) is 0 Å². The average Bonchev–Trinajstić information content (AvgIpc) is 2.82. The first-order valence-electron chi connectivity index (χ1n) is 11.0. The molecule has 3 aromatic rings. The van der Waals surface area contributed by atoms with Gasteiger partial charge in [-0.25, -0.2) is 4.79 Å². The maximum absolute atomic E-state index is 12.8. The lowest BCUT2D eigenvalue weighted by Gasteiger charge is -2.42. The van der Waals surface area contributed by atoms with Crippen molar-refractivity contribution in [2.45, 2.75) is 37.6 Å². The fourth-order valence-corrected chi connectivity index (χ4v) is 4.77. The van der Waals surface area contributed by atoms with Crippen molar-refractivity contribution in [3.63, 3.8) is 0 Å². The van der Waals surface area contributed by atoms with Gasteiger partial charge in [0, 0.05) is 23.1 Å². The monoisotopic (exact) mass is 441 g/mol. The highest BCUT2D eigenvalue weighted by Gasteiger charge is 2.40. The number of ketones is 1. The van der Waals surface area contributed by atoms with Gasteiger partial charge in [-0.05, 0) is 42.9 Å². The number of fused-ring (bicyclic) bond motifs is 1. The normalized spacial score (nSPS) is 17.8. The Morgan fingerprint density at radius 3 is 2.30 bits per heavy atom. The molecule has 5 rings (SSSR count). The third-order valence-corrected chi connectivity index (χ3v) is 6.68. The van der Waals surface area contributed by atoms with Crippen LogP contribution in [-0.4, -0.2) is 32.9 Å². The van der Waals surface area contributed by atoms with Crippen molar-refractivity contribution in [2.75, 3.05) is 0 Å². The summed E-state index contributed by atoms with van der Waals surface area (Å²) in [5.74, 6) is -0.294. The summed E-state index contributed by atoms with van der Waals surface area (Å²) in [7, 11) is 0. The molecular weight excluding hydrogens is 418 g/mol. The Hall–Kier alpha value is -4.00. The maximum Gasteiger partial charge on any atom is 0.405 e. The van der Waals surface area contributed by atoms with E-state index in [1.54, 1.807) is 0 Å². The van der Waals surface area contributed by atoms with E-state index in [9.17, 15) is 19.9 Å². The van der Waals surface area contributed by atoms with Crippen molar-refractivity contribution in [3.8, 4) is 22.4 Å². The first-order valence-corrected chi connectivity index (χ1v) is 11.0. The minimum Gasteiger partial charge on any atom is -0.465 e. The van der Waals surface area contributed by atoms with Gasteiger partial charge in [0.15, 0.2) is 0 Å². The number of hydrogen-bond donors (Lipinski definition) is 3. The van der Waals surface area contributed by atoms with Gasteiger partial charge in [0.2, 0.25) is 5.78 Å². The number of carbonyl (C=O) groups excluding carboxylic acids is 1. The third-order valence-electron chi connectivity index (χ3n) is 6.68. The minimum atomic E-state index is -1.02. The predicted octanol–water partition coefficient (Wildman–Crippen LogP) is 5.02. The molecular formula is C26H23N3O4. The quantitative estimate of drug-likeness (QED) is 0.389. The topological polar surface area (TPSA) is 112 Å². The molecule has 0 aliphatic heterocycles. The van der Waals surface area contributed by atoms with Crippen molar-refractivity contribution in [3.05, 3.63) is 77.5 Å². The number of nitrogens with zero attached hydrogens (tertiary/aromatic N) is 2. The number of benzene rings is 2. The number of carboxylic acid groups (broad SMARTS) is 1. The Labute approximate surface area is 190 Å². The number of hydrogen-bond acceptors (Lipinski definition) is 5. The summed E-state index contributed by atoms with van der Waals surface area (Å²) in [6.45, 7) is 0. The zero-order chi connectivity index (χ0) is 23.0. The van der Waals surface area contributed by atoms with E-state index in [2.05, 4.69) is 10.5 Å². The van der Waals surface area contributed by atoms with E-state index in [1.807, 2.05) is 60.7 Å². The number of amides is 1. The highest BCUT2D eigenvalue weighted by Crippen LogP contribution is 2.42. The van der Waals surface area contributed by atoms with E-state index in [4.69, 9.17) is 4.98 Å². The number of nitrogens with one attached hydrogen (secondary N) is 1. The Kier molecular flexibility index (Phi) is 5.17. The molecule has 1 amide bonds. The van der Waals surface area contributed by atoms with Crippen LogP contribution in [-0.2, 0) is 12.0 Å². The van der Waals surface area contributed by atoms with Gasteiger partial charge in [0.25, 0.3) is 0 Å². The number of oxime groups is 1. The number of pyridine rings is 1. The molecule has 0 bridgehead atoms. The summed E-state index contributed by atoms with van der Waals surface area (Å²) in [6, 6.07) is 19.4. The molecule has 1 aromatic heterocycles. The Morgan fingerprint density at radius 1 is 0.970 bits per heavy atom. The number of Topliss-reactive ketones (excluding diaryl/α,β-unsaturated/α-hetero) is 1. The number of carbonyl (C=O) groups is 2. The Bertz CT molecular complexity index is 1260. The van der Waals surface area contributed by atoms with Crippen LogP contribution in [0.3, 0.4) is 0 Å². The molecule has 33 heavy (non-hydrogen) atoms. The zero-order valence-corrected chi connectivity index (χ0v) is 17.9. The summed E-state index contributed by atoms with van der Waals surface area (Å²) >= 11 is 0. The van der Waals surface area contributed by atoms with Gasteiger partial charge in [-0.3, -0.25) is 9.78 Å². The van der Waals surface area contributed by atoms with E-state index in [0.717, 1.165) is 47.2 Å². The lowest BCUT2D eigenvalue weighted by atomic mass is 9.71. The first-order chi connectivity index (χ1) is 16.0. The smallest absolute Gasteiger partial charge is 0.405 e. The molecule has 0 radical (unpaired) electrons. The van der Waals surface area contributed by atoms with Gasteiger partial charge in [0.1, 0.15) is 5.71 Å². The van der Waals surface area contributed by atoms with Gasteiger partial charge in [-0.1, -0.05) is 59.8 Å². The molecule has 2 aliphatic carbocycles. The SMILES string of the molecule is O=C(O)NC1(c2ccc(-c3nc4c(cc3-c3ccccc3)C(=O)C(=NO)CC4)cc2)CCC1. The first kappa shape index (κ1) is 20.9. The van der Waals surface area contributed by atoms with E-state index in [1.165, 1.54) is 0 Å².